The van der Waals surface area contributed by atoms with Gasteiger partial charge in [0.2, 0.25) is 17.5 Å². The number of hydrogen-bond donors (Lipinski definition) is 1. The number of amides is 1. The summed E-state index contributed by atoms with van der Waals surface area (Å²) in [6.45, 7) is 1.94. The largest absolute Gasteiger partial charge is 0.495 e. The smallest absolute Gasteiger partial charge is 0.277 e. The van der Waals surface area contributed by atoms with Gasteiger partial charge in [-0.1, -0.05) is 17.8 Å². The van der Waals surface area contributed by atoms with Gasteiger partial charge in [-0.2, -0.15) is 0 Å². The van der Waals surface area contributed by atoms with E-state index in [1.54, 1.807) is 25.3 Å². The molecule has 0 unspecified atom stereocenters. The van der Waals surface area contributed by atoms with Gasteiger partial charge in [-0.05, 0) is 36.8 Å². The second-order valence-electron chi connectivity index (χ2n) is 6.33. The number of benzene rings is 2. The molecule has 1 aromatic heterocycles. The predicted octanol–water partition coefficient (Wildman–Crippen LogP) is 3.81. The highest BCUT2D eigenvalue weighted by atomic mass is 32.2. The molecule has 9 nitrogen and oxygen atoms in total. The lowest BCUT2D eigenvalue weighted by atomic mass is 10.2. The first-order valence-electron chi connectivity index (χ1n) is 9.20. The van der Waals surface area contributed by atoms with Gasteiger partial charge >= 0.3 is 0 Å². The van der Waals surface area contributed by atoms with Crippen LogP contribution in [0.2, 0.25) is 0 Å². The molecular formula is C21H23N3O6S. The predicted molar refractivity (Wildman–Crippen MR) is 116 cm³/mol. The number of aryl methyl sites for hydroxylation is 1. The lowest BCUT2D eigenvalue weighted by Gasteiger charge is -2.12. The van der Waals surface area contributed by atoms with E-state index in [-0.39, 0.29) is 22.8 Å². The van der Waals surface area contributed by atoms with Crippen LogP contribution in [0.15, 0.2) is 40.0 Å². The third-order valence-corrected chi connectivity index (χ3v) is 5.09. The van der Waals surface area contributed by atoms with E-state index in [1.807, 2.05) is 19.1 Å². The number of carbonyl (C=O) groups excluding carboxylic acids is 1. The number of ether oxygens (including phenoxy) is 4. The molecule has 31 heavy (non-hydrogen) atoms. The SMILES string of the molecule is COc1ccc(C)cc1NC(=O)CSc1nnc(-c2cc(OC)c(OC)c(OC)c2)o1. The Morgan fingerprint density at radius 2 is 1.65 bits per heavy atom. The van der Waals surface area contributed by atoms with E-state index in [4.69, 9.17) is 23.4 Å². The number of hydrogen-bond acceptors (Lipinski definition) is 9. The lowest BCUT2D eigenvalue weighted by Crippen LogP contribution is -2.14. The van der Waals surface area contributed by atoms with Crippen molar-refractivity contribution >= 4 is 23.4 Å². The van der Waals surface area contributed by atoms with E-state index in [1.165, 1.54) is 21.3 Å². The highest BCUT2D eigenvalue weighted by Crippen LogP contribution is 2.41. The third-order valence-electron chi connectivity index (χ3n) is 4.27. The molecule has 0 aliphatic heterocycles. The monoisotopic (exact) mass is 445 g/mol. The average Bonchev–Trinajstić information content (AvgIpc) is 3.26. The molecule has 0 atom stereocenters. The van der Waals surface area contributed by atoms with Crippen LogP contribution in [0.3, 0.4) is 0 Å². The Balaban J connectivity index is 1.69. The molecule has 1 heterocycles. The summed E-state index contributed by atoms with van der Waals surface area (Å²) in [4.78, 5) is 12.4. The van der Waals surface area contributed by atoms with Gasteiger partial charge in [0.25, 0.3) is 5.22 Å². The minimum atomic E-state index is -0.221. The Morgan fingerprint density at radius 3 is 2.26 bits per heavy atom. The Kier molecular flexibility index (Phi) is 7.24. The fraction of sp³-hybridized carbons (Fsp3) is 0.286. The minimum Gasteiger partial charge on any atom is -0.495 e. The van der Waals surface area contributed by atoms with Crippen LogP contribution >= 0.6 is 11.8 Å². The molecule has 0 radical (unpaired) electrons. The molecule has 3 aromatic rings. The fourth-order valence-electron chi connectivity index (χ4n) is 2.82. The summed E-state index contributed by atoms with van der Waals surface area (Å²) >= 11 is 1.13. The van der Waals surface area contributed by atoms with Gasteiger partial charge in [0.15, 0.2) is 11.5 Å². The van der Waals surface area contributed by atoms with Gasteiger partial charge in [-0.3, -0.25) is 4.79 Å². The van der Waals surface area contributed by atoms with Crippen molar-refractivity contribution in [2.24, 2.45) is 0 Å². The molecule has 0 bridgehead atoms. The number of rotatable bonds is 9. The maximum atomic E-state index is 12.4. The summed E-state index contributed by atoms with van der Waals surface area (Å²) in [7, 11) is 6.13. The Labute approximate surface area is 184 Å². The van der Waals surface area contributed by atoms with Crippen molar-refractivity contribution in [3.05, 3.63) is 35.9 Å². The van der Waals surface area contributed by atoms with Crippen LogP contribution in [0.5, 0.6) is 23.0 Å². The number of nitrogens with one attached hydrogen (secondary N) is 1. The standard InChI is InChI=1S/C21H23N3O6S/c1-12-6-7-15(26-2)14(8-12)22-18(25)11-31-21-24-23-20(30-21)13-9-16(27-3)19(29-5)17(10-13)28-4/h6-10H,11H2,1-5H3,(H,22,25). The normalized spacial score (nSPS) is 10.5. The molecule has 0 fully saturated rings. The van der Waals surface area contributed by atoms with Crippen LogP contribution in [0.25, 0.3) is 11.5 Å². The maximum absolute atomic E-state index is 12.4. The lowest BCUT2D eigenvalue weighted by molar-refractivity contribution is -0.113. The maximum Gasteiger partial charge on any atom is 0.277 e. The highest BCUT2D eigenvalue weighted by Gasteiger charge is 2.18. The molecule has 0 aliphatic carbocycles. The summed E-state index contributed by atoms with van der Waals surface area (Å²) in [5, 5.41) is 11.1. The first-order valence-corrected chi connectivity index (χ1v) is 10.2. The molecule has 164 valence electrons. The Hall–Kier alpha value is -3.40. The Morgan fingerprint density at radius 1 is 0.968 bits per heavy atom. The van der Waals surface area contributed by atoms with Crippen molar-refractivity contribution in [3.63, 3.8) is 0 Å². The molecule has 0 spiro atoms. The summed E-state index contributed by atoms with van der Waals surface area (Å²) < 4.78 is 27.0. The highest BCUT2D eigenvalue weighted by molar-refractivity contribution is 7.99. The van der Waals surface area contributed by atoms with Crippen molar-refractivity contribution in [1.82, 2.24) is 10.2 Å². The summed E-state index contributed by atoms with van der Waals surface area (Å²) in [6.07, 6.45) is 0. The number of nitrogens with zero attached hydrogens (tertiary/aromatic N) is 2. The number of methoxy groups -OCH3 is 4. The van der Waals surface area contributed by atoms with E-state index >= 15 is 0 Å². The zero-order valence-electron chi connectivity index (χ0n) is 17.8. The van der Waals surface area contributed by atoms with Crippen molar-refractivity contribution in [2.75, 3.05) is 39.5 Å². The summed E-state index contributed by atoms with van der Waals surface area (Å²) in [5.41, 5.74) is 2.22. The van der Waals surface area contributed by atoms with Gasteiger partial charge in [0.1, 0.15) is 5.75 Å². The van der Waals surface area contributed by atoms with Gasteiger partial charge in [-0.15, -0.1) is 10.2 Å². The fourth-order valence-corrected chi connectivity index (χ4v) is 3.39. The second-order valence-corrected chi connectivity index (χ2v) is 7.25. The van der Waals surface area contributed by atoms with Crippen molar-refractivity contribution < 1.29 is 28.2 Å². The molecule has 0 aliphatic rings. The van der Waals surface area contributed by atoms with E-state index < -0.39 is 0 Å². The van der Waals surface area contributed by atoms with Crippen LogP contribution in [0.1, 0.15) is 5.56 Å². The Bertz CT molecular complexity index is 1040. The van der Waals surface area contributed by atoms with Crippen molar-refractivity contribution in [2.45, 2.75) is 12.1 Å². The molecule has 1 N–H and O–H groups in total. The average molecular weight is 445 g/mol. The molecule has 2 aromatic carbocycles. The van der Waals surface area contributed by atoms with Gasteiger partial charge in [-0.25, -0.2) is 0 Å². The molecule has 0 saturated carbocycles. The molecule has 0 saturated heterocycles. The zero-order valence-corrected chi connectivity index (χ0v) is 18.7. The van der Waals surface area contributed by atoms with E-state index in [9.17, 15) is 4.79 Å². The molecule has 10 heteroatoms. The van der Waals surface area contributed by atoms with Crippen LogP contribution in [-0.4, -0.2) is 50.3 Å². The molecule has 1 amide bonds. The minimum absolute atomic E-state index is 0.0913. The number of thioether (sulfide) groups is 1. The number of aromatic nitrogens is 2. The first kappa shape index (κ1) is 22.3. The molecule has 3 rings (SSSR count). The van der Waals surface area contributed by atoms with Crippen LogP contribution in [0, 0.1) is 6.92 Å². The van der Waals surface area contributed by atoms with Crippen LogP contribution < -0.4 is 24.3 Å². The van der Waals surface area contributed by atoms with Gasteiger partial charge < -0.3 is 28.7 Å². The van der Waals surface area contributed by atoms with Crippen LogP contribution in [0.4, 0.5) is 5.69 Å². The van der Waals surface area contributed by atoms with Gasteiger partial charge in [0, 0.05) is 5.56 Å². The van der Waals surface area contributed by atoms with Crippen molar-refractivity contribution in [1.29, 1.82) is 0 Å². The number of anilines is 1. The van der Waals surface area contributed by atoms with Crippen molar-refractivity contribution in [3.8, 4) is 34.5 Å². The van der Waals surface area contributed by atoms with E-state index in [0.29, 0.717) is 34.2 Å². The first-order chi connectivity index (χ1) is 15.0. The molecular weight excluding hydrogens is 422 g/mol. The second kappa shape index (κ2) is 10.1. The van der Waals surface area contributed by atoms with Crippen LogP contribution in [-0.2, 0) is 4.79 Å². The topological polar surface area (TPSA) is 105 Å². The quantitative estimate of drug-likeness (QED) is 0.492. The zero-order chi connectivity index (χ0) is 22.4. The van der Waals surface area contributed by atoms with E-state index in [0.717, 1.165) is 17.3 Å². The third kappa shape index (κ3) is 5.21. The number of carbonyl (C=O) groups is 1. The summed E-state index contributed by atoms with van der Waals surface area (Å²) in [6, 6.07) is 8.98. The van der Waals surface area contributed by atoms with Gasteiger partial charge in [0.05, 0.1) is 39.9 Å². The summed E-state index contributed by atoms with van der Waals surface area (Å²) in [5.74, 6) is 2.13. The van der Waals surface area contributed by atoms with E-state index in [2.05, 4.69) is 15.5 Å².